The summed E-state index contributed by atoms with van der Waals surface area (Å²) in [7, 11) is 0. The van der Waals surface area contributed by atoms with Crippen LogP contribution in [0.5, 0.6) is 0 Å². The van der Waals surface area contributed by atoms with E-state index in [1.165, 1.54) is 0 Å². The van der Waals surface area contributed by atoms with Crippen LogP contribution in [-0.2, 0) is 24.4 Å². The summed E-state index contributed by atoms with van der Waals surface area (Å²) in [6.07, 6.45) is 1.57. The molecular weight excluding hydrogens is 440 g/mol. The number of amides is 2. The van der Waals surface area contributed by atoms with Gasteiger partial charge in [-0.3, -0.25) is 14.3 Å². The minimum atomic E-state index is -1.13. The van der Waals surface area contributed by atoms with Crippen LogP contribution in [0.15, 0.2) is 77.4 Å². The Morgan fingerprint density at radius 2 is 1.86 bits per heavy atom. The number of hydrogen-bond acceptors (Lipinski definition) is 4. The fourth-order valence-corrected chi connectivity index (χ4v) is 4.48. The molecule has 1 atom stereocenters. The zero-order chi connectivity index (χ0) is 24.6. The molecule has 1 aliphatic rings. The summed E-state index contributed by atoms with van der Waals surface area (Å²) in [5, 5.41) is 7.67. The number of hydrogen-bond donors (Lipinski definition) is 1. The molecule has 7 heteroatoms. The fourth-order valence-electron chi connectivity index (χ4n) is 4.48. The van der Waals surface area contributed by atoms with E-state index in [9.17, 15) is 9.59 Å². The van der Waals surface area contributed by atoms with Crippen molar-refractivity contribution in [2.24, 2.45) is 0 Å². The first-order chi connectivity index (χ1) is 16.8. The van der Waals surface area contributed by atoms with Crippen LogP contribution in [0.4, 0.5) is 0 Å². The van der Waals surface area contributed by atoms with Crippen LogP contribution >= 0.6 is 0 Å². The second-order valence-corrected chi connectivity index (χ2v) is 9.31. The van der Waals surface area contributed by atoms with Gasteiger partial charge >= 0.3 is 0 Å². The summed E-state index contributed by atoms with van der Waals surface area (Å²) < 4.78 is 7.11. The molecule has 3 heterocycles. The van der Waals surface area contributed by atoms with E-state index < -0.39 is 5.54 Å². The lowest BCUT2D eigenvalue weighted by Gasteiger charge is -2.43. The molecule has 0 aliphatic carbocycles. The normalized spacial score (nSPS) is 17.3. The van der Waals surface area contributed by atoms with Gasteiger partial charge in [-0.2, -0.15) is 5.10 Å². The zero-order valence-electron chi connectivity index (χ0n) is 20.1. The standard InChI is InChI=1S/C28H28N4O3/c1-19-10-12-21(13-11-19)17-31-26(33)24-15-23(25-9-6-14-35-25)30-32(24)18-28(31,3)27(34)29-16-22-8-5-4-7-20(22)2/h4-15H,16-18H2,1-3H3,(H,29,34). The van der Waals surface area contributed by atoms with E-state index >= 15 is 0 Å². The Kier molecular flexibility index (Phi) is 5.76. The van der Waals surface area contributed by atoms with Crippen molar-refractivity contribution in [3.8, 4) is 11.5 Å². The Bertz CT molecular complexity index is 1370. The van der Waals surface area contributed by atoms with E-state index in [4.69, 9.17) is 4.42 Å². The van der Waals surface area contributed by atoms with Crippen LogP contribution < -0.4 is 5.32 Å². The first kappa shape index (κ1) is 22.7. The predicted octanol–water partition coefficient (Wildman–Crippen LogP) is 4.49. The Labute approximate surface area is 204 Å². The van der Waals surface area contributed by atoms with Gasteiger partial charge in [-0.05, 0) is 49.6 Å². The highest BCUT2D eigenvalue weighted by molar-refractivity contribution is 6.00. The Morgan fingerprint density at radius 1 is 1.09 bits per heavy atom. The molecule has 1 N–H and O–H groups in total. The predicted molar refractivity (Wildman–Crippen MR) is 132 cm³/mol. The Balaban J connectivity index is 1.49. The molecule has 0 saturated carbocycles. The van der Waals surface area contributed by atoms with Crippen molar-refractivity contribution in [2.45, 2.75) is 45.9 Å². The minimum absolute atomic E-state index is 0.220. The number of furan rings is 1. The van der Waals surface area contributed by atoms with E-state index in [0.29, 0.717) is 30.2 Å². The van der Waals surface area contributed by atoms with Gasteiger partial charge in [-0.1, -0.05) is 54.1 Å². The summed E-state index contributed by atoms with van der Waals surface area (Å²) >= 11 is 0. The van der Waals surface area contributed by atoms with Gasteiger partial charge in [0, 0.05) is 19.2 Å². The van der Waals surface area contributed by atoms with Gasteiger partial charge in [0.15, 0.2) is 5.76 Å². The smallest absolute Gasteiger partial charge is 0.273 e. The maximum absolute atomic E-state index is 13.8. The highest BCUT2D eigenvalue weighted by Crippen LogP contribution is 2.31. The third kappa shape index (κ3) is 4.25. The van der Waals surface area contributed by atoms with Gasteiger partial charge < -0.3 is 14.6 Å². The highest BCUT2D eigenvalue weighted by Gasteiger charge is 2.48. The molecule has 7 nitrogen and oxygen atoms in total. The van der Waals surface area contributed by atoms with Gasteiger partial charge in [0.1, 0.15) is 16.9 Å². The Hall–Kier alpha value is -4.13. The minimum Gasteiger partial charge on any atom is -0.463 e. The van der Waals surface area contributed by atoms with E-state index in [-0.39, 0.29) is 18.4 Å². The number of nitrogens with zero attached hydrogens (tertiary/aromatic N) is 3. The third-order valence-electron chi connectivity index (χ3n) is 6.72. The van der Waals surface area contributed by atoms with Crippen molar-refractivity contribution < 1.29 is 14.0 Å². The molecule has 2 amide bonds. The van der Waals surface area contributed by atoms with Crippen LogP contribution in [0.3, 0.4) is 0 Å². The van der Waals surface area contributed by atoms with Gasteiger partial charge in [0.2, 0.25) is 5.91 Å². The van der Waals surface area contributed by atoms with Crippen molar-refractivity contribution in [3.63, 3.8) is 0 Å². The maximum Gasteiger partial charge on any atom is 0.273 e. The number of carbonyl (C=O) groups is 2. The van der Waals surface area contributed by atoms with Crippen LogP contribution in [0.2, 0.25) is 0 Å². The molecule has 2 aromatic heterocycles. The first-order valence-electron chi connectivity index (χ1n) is 11.7. The third-order valence-corrected chi connectivity index (χ3v) is 6.72. The molecule has 35 heavy (non-hydrogen) atoms. The number of aromatic nitrogens is 2. The summed E-state index contributed by atoms with van der Waals surface area (Å²) in [5.74, 6) is 0.119. The van der Waals surface area contributed by atoms with E-state index in [0.717, 1.165) is 22.3 Å². The molecular formula is C28H28N4O3. The maximum atomic E-state index is 13.8. The second kappa shape index (κ2) is 8.91. The number of nitrogens with one attached hydrogen (secondary N) is 1. The van der Waals surface area contributed by atoms with E-state index in [1.54, 1.807) is 34.0 Å². The van der Waals surface area contributed by atoms with Crippen molar-refractivity contribution in [1.82, 2.24) is 20.0 Å². The molecule has 0 bridgehead atoms. The number of fused-ring (bicyclic) bond motifs is 1. The average Bonchev–Trinajstić information content (AvgIpc) is 3.52. The van der Waals surface area contributed by atoms with Crippen molar-refractivity contribution in [1.29, 1.82) is 0 Å². The summed E-state index contributed by atoms with van der Waals surface area (Å²) in [6, 6.07) is 21.3. The molecule has 178 valence electrons. The zero-order valence-corrected chi connectivity index (χ0v) is 20.1. The molecule has 4 aromatic rings. The highest BCUT2D eigenvalue weighted by atomic mass is 16.3. The quantitative estimate of drug-likeness (QED) is 0.452. The van der Waals surface area contributed by atoms with Gasteiger partial charge in [-0.25, -0.2) is 0 Å². The second-order valence-electron chi connectivity index (χ2n) is 9.31. The summed E-state index contributed by atoms with van der Waals surface area (Å²) in [5.41, 5.74) is 4.11. The van der Waals surface area contributed by atoms with Crippen LogP contribution in [0.1, 0.15) is 39.7 Å². The largest absolute Gasteiger partial charge is 0.463 e. The van der Waals surface area contributed by atoms with Gasteiger partial charge in [-0.15, -0.1) is 0 Å². The van der Waals surface area contributed by atoms with Gasteiger partial charge in [0.25, 0.3) is 5.91 Å². The SMILES string of the molecule is Cc1ccc(CN2C(=O)c3cc(-c4ccco4)nn3CC2(C)C(=O)NCc2ccccc2C)cc1. The number of aryl methyl sites for hydroxylation is 2. The van der Waals surface area contributed by atoms with Crippen molar-refractivity contribution in [2.75, 3.05) is 0 Å². The van der Waals surface area contributed by atoms with Crippen LogP contribution in [0.25, 0.3) is 11.5 Å². The number of benzene rings is 2. The molecule has 1 unspecified atom stereocenters. The fraction of sp³-hybridized carbons (Fsp3) is 0.250. The van der Waals surface area contributed by atoms with Gasteiger partial charge in [0.05, 0.1) is 12.8 Å². The van der Waals surface area contributed by atoms with Crippen LogP contribution in [0, 0.1) is 13.8 Å². The average molecular weight is 469 g/mol. The summed E-state index contributed by atoms with van der Waals surface area (Å²) in [4.78, 5) is 29.1. The van der Waals surface area contributed by atoms with Crippen LogP contribution in [-0.4, -0.2) is 32.0 Å². The molecule has 0 saturated heterocycles. The van der Waals surface area contributed by atoms with E-state index in [2.05, 4.69) is 10.4 Å². The topological polar surface area (TPSA) is 80.4 Å². The summed E-state index contributed by atoms with van der Waals surface area (Å²) in [6.45, 7) is 6.78. The lowest BCUT2D eigenvalue weighted by Crippen LogP contribution is -2.63. The Morgan fingerprint density at radius 3 is 2.57 bits per heavy atom. The molecule has 5 rings (SSSR count). The van der Waals surface area contributed by atoms with Crippen molar-refractivity contribution in [3.05, 3.63) is 101 Å². The molecule has 0 radical (unpaired) electrons. The van der Waals surface area contributed by atoms with Crippen molar-refractivity contribution >= 4 is 11.8 Å². The number of rotatable bonds is 6. The molecule has 2 aromatic carbocycles. The van der Waals surface area contributed by atoms with E-state index in [1.807, 2.05) is 69.3 Å². The lowest BCUT2D eigenvalue weighted by atomic mass is 9.93. The monoisotopic (exact) mass is 468 g/mol. The molecule has 1 aliphatic heterocycles. The number of carbonyl (C=O) groups excluding carboxylic acids is 2. The molecule has 0 spiro atoms. The first-order valence-corrected chi connectivity index (χ1v) is 11.7. The molecule has 0 fully saturated rings. The lowest BCUT2D eigenvalue weighted by molar-refractivity contribution is -0.133.